The molecule has 0 radical (unpaired) electrons. The number of hydrogen-bond donors (Lipinski definition) is 2. The van der Waals surface area contributed by atoms with Gasteiger partial charge in [-0.15, -0.1) is 0 Å². The first-order valence-electron chi connectivity index (χ1n) is 7.98. The predicted octanol–water partition coefficient (Wildman–Crippen LogP) is 3.46. The van der Waals surface area contributed by atoms with Gasteiger partial charge in [0.1, 0.15) is 5.82 Å². The molecule has 0 saturated heterocycles. The number of rotatable bonds is 5. The van der Waals surface area contributed by atoms with Crippen LogP contribution in [0.5, 0.6) is 0 Å². The fourth-order valence-corrected chi connectivity index (χ4v) is 2.78. The van der Waals surface area contributed by atoms with Gasteiger partial charge in [-0.25, -0.2) is 4.98 Å². The van der Waals surface area contributed by atoms with Crippen molar-refractivity contribution in [3.63, 3.8) is 0 Å². The quantitative estimate of drug-likeness (QED) is 0.885. The Morgan fingerprint density at radius 2 is 1.95 bits per heavy atom. The summed E-state index contributed by atoms with van der Waals surface area (Å²) in [5.41, 5.74) is 3.13. The molecule has 0 aromatic carbocycles. The first-order valence-corrected chi connectivity index (χ1v) is 7.98. The SMILES string of the molecule is Cc1nc(NCc2ccccn2)nc(NC2CCCC2)c1C. The Labute approximate surface area is 131 Å². The third-order valence-corrected chi connectivity index (χ3v) is 4.24. The number of nitrogens with zero attached hydrogens (tertiary/aromatic N) is 3. The van der Waals surface area contributed by atoms with Gasteiger partial charge in [-0.3, -0.25) is 4.98 Å². The van der Waals surface area contributed by atoms with E-state index in [2.05, 4.69) is 32.5 Å². The van der Waals surface area contributed by atoms with Gasteiger partial charge in [-0.05, 0) is 38.8 Å². The number of nitrogens with one attached hydrogen (secondary N) is 2. The van der Waals surface area contributed by atoms with Gasteiger partial charge in [0, 0.05) is 23.5 Å². The normalized spacial score (nSPS) is 15.0. The largest absolute Gasteiger partial charge is 0.367 e. The van der Waals surface area contributed by atoms with Crippen LogP contribution in [0.1, 0.15) is 42.6 Å². The summed E-state index contributed by atoms with van der Waals surface area (Å²) in [4.78, 5) is 13.5. The fourth-order valence-electron chi connectivity index (χ4n) is 2.78. The molecule has 5 heteroatoms. The van der Waals surface area contributed by atoms with E-state index in [9.17, 15) is 0 Å². The van der Waals surface area contributed by atoms with E-state index in [1.165, 1.54) is 25.7 Å². The van der Waals surface area contributed by atoms with Crippen LogP contribution < -0.4 is 10.6 Å². The molecule has 0 atom stereocenters. The molecule has 0 unspecified atom stereocenters. The Morgan fingerprint density at radius 1 is 1.14 bits per heavy atom. The third kappa shape index (κ3) is 3.53. The second kappa shape index (κ2) is 6.73. The Hall–Kier alpha value is -2.17. The number of pyridine rings is 1. The second-order valence-electron chi connectivity index (χ2n) is 5.91. The van der Waals surface area contributed by atoms with Crippen molar-refractivity contribution in [3.05, 3.63) is 41.3 Å². The van der Waals surface area contributed by atoms with Gasteiger partial charge < -0.3 is 10.6 Å². The number of aromatic nitrogens is 3. The summed E-state index contributed by atoms with van der Waals surface area (Å²) in [6, 6.07) is 6.45. The minimum absolute atomic E-state index is 0.552. The van der Waals surface area contributed by atoms with Gasteiger partial charge in [0.05, 0.1) is 12.2 Å². The topological polar surface area (TPSA) is 62.7 Å². The molecule has 116 valence electrons. The van der Waals surface area contributed by atoms with E-state index in [0.29, 0.717) is 18.5 Å². The molecule has 3 rings (SSSR count). The zero-order valence-corrected chi connectivity index (χ0v) is 13.3. The highest BCUT2D eigenvalue weighted by atomic mass is 15.2. The molecule has 1 saturated carbocycles. The zero-order chi connectivity index (χ0) is 15.4. The molecule has 22 heavy (non-hydrogen) atoms. The van der Waals surface area contributed by atoms with Crippen LogP contribution in [0.3, 0.4) is 0 Å². The van der Waals surface area contributed by atoms with Crippen LogP contribution in [-0.4, -0.2) is 21.0 Å². The highest BCUT2D eigenvalue weighted by Gasteiger charge is 2.17. The van der Waals surface area contributed by atoms with Crippen LogP contribution in [0.4, 0.5) is 11.8 Å². The second-order valence-corrected chi connectivity index (χ2v) is 5.91. The van der Waals surface area contributed by atoms with E-state index in [0.717, 1.165) is 22.8 Å². The van der Waals surface area contributed by atoms with Crippen molar-refractivity contribution in [2.45, 2.75) is 52.1 Å². The lowest BCUT2D eigenvalue weighted by Gasteiger charge is -2.17. The number of anilines is 2. The maximum Gasteiger partial charge on any atom is 0.225 e. The van der Waals surface area contributed by atoms with Crippen LogP contribution in [0.2, 0.25) is 0 Å². The first kappa shape index (κ1) is 14.8. The maximum absolute atomic E-state index is 4.65. The van der Waals surface area contributed by atoms with Crippen molar-refractivity contribution in [3.8, 4) is 0 Å². The summed E-state index contributed by atoms with van der Waals surface area (Å²) in [6.45, 7) is 4.74. The lowest BCUT2D eigenvalue weighted by molar-refractivity contribution is 0.747. The van der Waals surface area contributed by atoms with Crippen molar-refractivity contribution in [1.29, 1.82) is 0 Å². The van der Waals surface area contributed by atoms with Gasteiger partial charge in [0.25, 0.3) is 0 Å². The summed E-state index contributed by atoms with van der Waals surface area (Å²) in [7, 11) is 0. The van der Waals surface area contributed by atoms with Crippen molar-refractivity contribution >= 4 is 11.8 Å². The van der Waals surface area contributed by atoms with Crippen LogP contribution >= 0.6 is 0 Å². The van der Waals surface area contributed by atoms with E-state index in [1.807, 2.05) is 25.1 Å². The molecule has 2 aromatic heterocycles. The molecule has 1 aliphatic rings. The average molecular weight is 297 g/mol. The first-order chi connectivity index (χ1) is 10.7. The minimum Gasteiger partial charge on any atom is -0.367 e. The summed E-state index contributed by atoms with van der Waals surface area (Å²) in [5, 5.41) is 6.85. The Bertz CT molecular complexity index is 620. The molecule has 5 nitrogen and oxygen atoms in total. The van der Waals surface area contributed by atoms with Crippen LogP contribution in [-0.2, 0) is 6.54 Å². The van der Waals surface area contributed by atoms with E-state index in [-0.39, 0.29) is 0 Å². The van der Waals surface area contributed by atoms with Crippen molar-refractivity contribution in [1.82, 2.24) is 15.0 Å². The average Bonchev–Trinajstić information content (AvgIpc) is 3.04. The van der Waals surface area contributed by atoms with Gasteiger partial charge in [-0.1, -0.05) is 18.9 Å². The highest BCUT2D eigenvalue weighted by Crippen LogP contribution is 2.24. The summed E-state index contributed by atoms with van der Waals surface area (Å²) >= 11 is 0. The van der Waals surface area contributed by atoms with Crippen LogP contribution in [0.25, 0.3) is 0 Å². The molecule has 1 fully saturated rings. The fraction of sp³-hybridized carbons (Fsp3) is 0.471. The van der Waals surface area contributed by atoms with Crippen LogP contribution in [0, 0.1) is 13.8 Å². The summed E-state index contributed by atoms with van der Waals surface area (Å²) < 4.78 is 0. The Kier molecular flexibility index (Phi) is 4.51. The molecule has 2 aromatic rings. The van der Waals surface area contributed by atoms with E-state index >= 15 is 0 Å². The molecular weight excluding hydrogens is 274 g/mol. The molecule has 2 N–H and O–H groups in total. The number of hydrogen-bond acceptors (Lipinski definition) is 5. The van der Waals surface area contributed by atoms with Gasteiger partial charge in [-0.2, -0.15) is 4.98 Å². The van der Waals surface area contributed by atoms with Crippen molar-refractivity contribution in [2.75, 3.05) is 10.6 Å². The van der Waals surface area contributed by atoms with Gasteiger partial charge >= 0.3 is 0 Å². The molecule has 0 bridgehead atoms. The van der Waals surface area contributed by atoms with Crippen LogP contribution in [0.15, 0.2) is 24.4 Å². The molecule has 0 amide bonds. The monoisotopic (exact) mass is 297 g/mol. The lowest BCUT2D eigenvalue weighted by Crippen LogP contribution is -2.18. The van der Waals surface area contributed by atoms with E-state index < -0.39 is 0 Å². The minimum atomic E-state index is 0.552. The molecule has 0 aliphatic heterocycles. The lowest BCUT2D eigenvalue weighted by atomic mass is 10.2. The van der Waals surface area contributed by atoms with E-state index in [1.54, 1.807) is 6.20 Å². The highest BCUT2D eigenvalue weighted by molar-refractivity contribution is 5.50. The summed E-state index contributed by atoms with van der Waals surface area (Å²) in [5.74, 6) is 1.62. The third-order valence-electron chi connectivity index (χ3n) is 4.24. The Balaban J connectivity index is 1.72. The van der Waals surface area contributed by atoms with E-state index in [4.69, 9.17) is 0 Å². The standard InChI is InChI=1S/C17H23N5/c1-12-13(2)20-17(19-11-15-9-5-6-10-18-15)22-16(12)21-14-7-3-4-8-14/h5-6,9-10,14H,3-4,7-8,11H2,1-2H3,(H2,19,20,21,22). The molecular formula is C17H23N5. The summed E-state index contributed by atoms with van der Waals surface area (Å²) in [6.07, 6.45) is 6.89. The predicted molar refractivity (Wildman–Crippen MR) is 88.9 cm³/mol. The molecule has 0 spiro atoms. The van der Waals surface area contributed by atoms with Gasteiger partial charge in [0.15, 0.2) is 0 Å². The number of aryl methyl sites for hydroxylation is 1. The maximum atomic E-state index is 4.65. The molecule has 1 aliphatic carbocycles. The smallest absolute Gasteiger partial charge is 0.225 e. The van der Waals surface area contributed by atoms with Gasteiger partial charge in [0.2, 0.25) is 5.95 Å². The Morgan fingerprint density at radius 3 is 2.68 bits per heavy atom. The van der Waals surface area contributed by atoms with Crippen molar-refractivity contribution in [2.24, 2.45) is 0 Å². The van der Waals surface area contributed by atoms with Crippen molar-refractivity contribution < 1.29 is 0 Å². The zero-order valence-electron chi connectivity index (χ0n) is 13.3. The molecule has 2 heterocycles.